The van der Waals surface area contributed by atoms with Gasteiger partial charge in [0.1, 0.15) is 0 Å². The predicted octanol–water partition coefficient (Wildman–Crippen LogP) is 2.49. The first kappa shape index (κ1) is 13.0. The number of thiazole rings is 1. The molecule has 0 amide bonds. The fraction of sp³-hybridized carbons (Fsp3) is 0.769. The molecule has 1 aromatic heterocycles. The number of nitrogens with two attached hydrogens (primary N) is 1. The van der Waals surface area contributed by atoms with E-state index in [1.54, 1.807) is 0 Å². The van der Waals surface area contributed by atoms with Gasteiger partial charge in [-0.3, -0.25) is 4.90 Å². The first-order valence-electron chi connectivity index (χ1n) is 6.50. The molecule has 17 heavy (non-hydrogen) atoms. The van der Waals surface area contributed by atoms with Gasteiger partial charge in [-0.25, -0.2) is 4.98 Å². The van der Waals surface area contributed by atoms with E-state index in [0.29, 0.717) is 6.04 Å². The molecular weight excluding hydrogens is 230 g/mol. The van der Waals surface area contributed by atoms with Gasteiger partial charge < -0.3 is 5.73 Å². The Labute approximate surface area is 108 Å². The van der Waals surface area contributed by atoms with E-state index in [-0.39, 0.29) is 0 Å². The Morgan fingerprint density at radius 1 is 1.41 bits per heavy atom. The molecule has 0 saturated carbocycles. The smallest absolute Gasteiger partial charge is 0.0900 e. The number of likely N-dealkylation sites (tertiary alicyclic amines) is 1. The van der Waals surface area contributed by atoms with Gasteiger partial charge in [0.2, 0.25) is 0 Å². The van der Waals surface area contributed by atoms with Crippen molar-refractivity contribution < 1.29 is 0 Å². The maximum Gasteiger partial charge on any atom is 0.0900 e. The van der Waals surface area contributed by atoms with Crippen molar-refractivity contribution in [2.24, 2.45) is 11.7 Å². The number of aryl methyl sites for hydroxylation is 2. The van der Waals surface area contributed by atoms with Crippen LogP contribution in [0.25, 0.3) is 0 Å². The van der Waals surface area contributed by atoms with Gasteiger partial charge in [-0.2, -0.15) is 0 Å². The number of rotatable bonds is 3. The van der Waals surface area contributed by atoms with Gasteiger partial charge in [0.05, 0.1) is 16.7 Å². The van der Waals surface area contributed by atoms with Crippen LogP contribution >= 0.6 is 11.3 Å². The summed E-state index contributed by atoms with van der Waals surface area (Å²) >= 11 is 1.81. The van der Waals surface area contributed by atoms with E-state index in [2.05, 4.69) is 30.7 Å². The molecule has 0 spiro atoms. The third-order valence-electron chi connectivity index (χ3n) is 3.87. The van der Waals surface area contributed by atoms with Crippen LogP contribution in [-0.4, -0.2) is 29.5 Å². The summed E-state index contributed by atoms with van der Waals surface area (Å²) in [7, 11) is 0. The van der Waals surface area contributed by atoms with Gasteiger partial charge in [0, 0.05) is 4.88 Å². The van der Waals surface area contributed by atoms with Crippen LogP contribution in [0.2, 0.25) is 0 Å². The van der Waals surface area contributed by atoms with Crippen LogP contribution in [0, 0.1) is 19.8 Å². The third-order valence-corrected chi connectivity index (χ3v) is 4.77. The Kier molecular flexibility index (Phi) is 4.17. The normalized spacial score (nSPS) is 20.7. The second-order valence-corrected chi connectivity index (χ2v) is 6.47. The summed E-state index contributed by atoms with van der Waals surface area (Å²) in [6, 6.07) is 0.457. The Bertz CT molecular complexity index is 367. The number of hydrogen-bond donors (Lipinski definition) is 1. The second-order valence-electron chi connectivity index (χ2n) is 5.07. The SMILES string of the molecule is Cc1nc(C(C)N2CCC(CN)CC2)c(C)s1. The van der Waals surface area contributed by atoms with Crippen molar-refractivity contribution in [2.75, 3.05) is 19.6 Å². The van der Waals surface area contributed by atoms with Gasteiger partial charge in [0.15, 0.2) is 0 Å². The Morgan fingerprint density at radius 3 is 2.53 bits per heavy atom. The molecule has 2 heterocycles. The minimum atomic E-state index is 0.457. The van der Waals surface area contributed by atoms with Crippen molar-refractivity contribution in [1.29, 1.82) is 0 Å². The van der Waals surface area contributed by atoms with Gasteiger partial charge >= 0.3 is 0 Å². The van der Waals surface area contributed by atoms with Crippen LogP contribution < -0.4 is 5.73 Å². The molecule has 0 bridgehead atoms. The van der Waals surface area contributed by atoms with Crippen molar-refractivity contribution in [3.8, 4) is 0 Å². The van der Waals surface area contributed by atoms with Crippen LogP contribution in [0.5, 0.6) is 0 Å². The van der Waals surface area contributed by atoms with Crippen molar-refractivity contribution >= 4 is 11.3 Å². The molecule has 2 N–H and O–H groups in total. The number of hydrogen-bond acceptors (Lipinski definition) is 4. The molecule has 1 atom stereocenters. The molecule has 1 aromatic rings. The maximum absolute atomic E-state index is 5.73. The van der Waals surface area contributed by atoms with Gasteiger partial charge in [-0.1, -0.05) is 0 Å². The molecular formula is C13H23N3S. The minimum Gasteiger partial charge on any atom is -0.330 e. The second kappa shape index (κ2) is 5.46. The van der Waals surface area contributed by atoms with E-state index in [0.717, 1.165) is 12.5 Å². The average molecular weight is 253 g/mol. The highest BCUT2D eigenvalue weighted by atomic mass is 32.1. The molecule has 2 rings (SSSR count). The molecule has 0 radical (unpaired) electrons. The maximum atomic E-state index is 5.73. The molecule has 1 saturated heterocycles. The zero-order chi connectivity index (χ0) is 12.4. The van der Waals surface area contributed by atoms with E-state index in [9.17, 15) is 0 Å². The highest BCUT2D eigenvalue weighted by molar-refractivity contribution is 7.11. The largest absolute Gasteiger partial charge is 0.330 e. The molecule has 1 aliphatic heterocycles. The average Bonchev–Trinajstić information content (AvgIpc) is 2.68. The van der Waals surface area contributed by atoms with E-state index >= 15 is 0 Å². The lowest BCUT2D eigenvalue weighted by Gasteiger charge is -2.35. The zero-order valence-electron chi connectivity index (χ0n) is 11.1. The summed E-state index contributed by atoms with van der Waals surface area (Å²) in [6.45, 7) is 9.73. The van der Waals surface area contributed by atoms with Crippen LogP contribution in [0.1, 0.15) is 41.4 Å². The predicted molar refractivity (Wildman–Crippen MR) is 73.4 cm³/mol. The van der Waals surface area contributed by atoms with Crippen LogP contribution in [-0.2, 0) is 0 Å². The van der Waals surface area contributed by atoms with E-state index in [1.165, 1.54) is 41.5 Å². The fourth-order valence-corrected chi connectivity index (χ4v) is 3.59. The zero-order valence-corrected chi connectivity index (χ0v) is 11.9. The number of aromatic nitrogens is 1. The lowest BCUT2D eigenvalue weighted by atomic mass is 9.95. The third kappa shape index (κ3) is 2.87. The van der Waals surface area contributed by atoms with E-state index < -0.39 is 0 Å². The van der Waals surface area contributed by atoms with Crippen molar-refractivity contribution in [1.82, 2.24) is 9.88 Å². The van der Waals surface area contributed by atoms with Gasteiger partial charge in [0.25, 0.3) is 0 Å². The molecule has 0 aromatic carbocycles. The first-order chi connectivity index (χ1) is 8.11. The highest BCUT2D eigenvalue weighted by Crippen LogP contribution is 2.29. The summed E-state index contributed by atoms with van der Waals surface area (Å²) in [5.74, 6) is 0.733. The van der Waals surface area contributed by atoms with E-state index in [1.807, 2.05) is 11.3 Å². The summed E-state index contributed by atoms with van der Waals surface area (Å²) in [6.07, 6.45) is 2.48. The molecule has 96 valence electrons. The molecule has 3 nitrogen and oxygen atoms in total. The first-order valence-corrected chi connectivity index (χ1v) is 7.31. The molecule has 1 aliphatic rings. The lowest BCUT2D eigenvalue weighted by Crippen LogP contribution is -2.37. The quantitative estimate of drug-likeness (QED) is 0.900. The van der Waals surface area contributed by atoms with Crippen molar-refractivity contribution in [2.45, 2.75) is 39.7 Å². The van der Waals surface area contributed by atoms with Crippen molar-refractivity contribution in [3.05, 3.63) is 15.6 Å². The Balaban J connectivity index is 2.01. The van der Waals surface area contributed by atoms with Crippen LogP contribution in [0.4, 0.5) is 0 Å². The minimum absolute atomic E-state index is 0.457. The standard InChI is InChI=1S/C13H23N3S/c1-9(13-10(2)17-11(3)15-13)16-6-4-12(8-14)5-7-16/h9,12H,4-8,14H2,1-3H3. The van der Waals surface area contributed by atoms with Gasteiger partial charge in [-0.05, 0) is 59.2 Å². The highest BCUT2D eigenvalue weighted by Gasteiger charge is 2.25. The van der Waals surface area contributed by atoms with Crippen LogP contribution in [0.15, 0.2) is 0 Å². The molecule has 4 heteroatoms. The van der Waals surface area contributed by atoms with Crippen molar-refractivity contribution in [3.63, 3.8) is 0 Å². The molecule has 0 aliphatic carbocycles. The monoisotopic (exact) mass is 253 g/mol. The number of nitrogens with zero attached hydrogens (tertiary/aromatic N) is 2. The Morgan fingerprint density at radius 2 is 2.06 bits per heavy atom. The lowest BCUT2D eigenvalue weighted by molar-refractivity contribution is 0.141. The summed E-state index contributed by atoms with van der Waals surface area (Å²) < 4.78 is 0. The topological polar surface area (TPSA) is 42.2 Å². The molecule has 1 unspecified atom stereocenters. The van der Waals surface area contributed by atoms with Gasteiger partial charge in [-0.15, -0.1) is 11.3 Å². The fourth-order valence-electron chi connectivity index (χ4n) is 2.68. The molecule has 1 fully saturated rings. The number of piperidine rings is 1. The Hall–Kier alpha value is -0.450. The summed E-state index contributed by atoms with van der Waals surface area (Å²) in [4.78, 5) is 8.60. The summed E-state index contributed by atoms with van der Waals surface area (Å²) in [5.41, 5.74) is 7.01. The van der Waals surface area contributed by atoms with Crippen LogP contribution in [0.3, 0.4) is 0 Å². The van der Waals surface area contributed by atoms with E-state index in [4.69, 9.17) is 5.73 Å². The summed E-state index contributed by atoms with van der Waals surface area (Å²) in [5, 5.41) is 1.18.